The third kappa shape index (κ3) is 2.92. The summed E-state index contributed by atoms with van der Waals surface area (Å²) < 4.78 is 7.71. The molecule has 0 radical (unpaired) electrons. The molecule has 0 unspecified atom stereocenters. The van der Waals surface area contributed by atoms with Gasteiger partial charge in [-0.05, 0) is 30.3 Å². The molecule has 0 bridgehead atoms. The molecule has 0 saturated heterocycles. The third-order valence-corrected chi connectivity index (χ3v) is 5.51. The molecule has 5 rings (SSSR count). The van der Waals surface area contributed by atoms with Crippen molar-refractivity contribution in [3.8, 4) is 33.5 Å². The minimum absolute atomic E-state index is 0.574. The molecule has 5 nitrogen and oxygen atoms in total. The summed E-state index contributed by atoms with van der Waals surface area (Å²) in [5.41, 5.74) is 1.69. The molecule has 0 aliphatic heterocycles. The van der Waals surface area contributed by atoms with Crippen molar-refractivity contribution in [3.05, 3.63) is 70.7 Å². The van der Waals surface area contributed by atoms with Crippen molar-refractivity contribution in [1.82, 2.24) is 19.8 Å². The van der Waals surface area contributed by atoms with E-state index in [1.807, 2.05) is 42.5 Å². The van der Waals surface area contributed by atoms with Crippen LogP contribution in [0.15, 0.2) is 65.1 Å². The number of nitrogens with zero attached hydrogens (tertiary/aromatic N) is 4. The smallest absolute Gasteiger partial charge is 0.235 e. The summed E-state index contributed by atoms with van der Waals surface area (Å²) in [5, 5.41) is 15.0. The first kappa shape index (κ1) is 16.5. The van der Waals surface area contributed by atoms with E-state index < -0.39 is 0 Å². The van der Waals surface area contributed by atoms with Crippen LogP contribution in [0.25, 0.3) is 38.4 Å². The summed E-state index contributed by atoms with van der Waals surface area (Å²) in [6.45, 7) is 0. The zero-order valence-electron chi connectivity index (χ0n) is 13.6. The minimum atomic E-state index is 0.574. The van der Waals surface area contributed by atoms with Gasteiger partial charge >= 0.3 is 0 Å². The molecule has 3 heterocycles. The van der Waals surface area contributed by atoms with Crippen LogP contribution in [0.3, 0.4) is 0 Å². The van der Waals surface area contributed by atoms with Crippen LogP contribution in [0, 0.1) is 0 Å². The Kier molecular flexibility index (Phi) is 3.97. The van der Waals surface area contributed by atoms with Crippen molar-refractivity contribution >= 4 is 39.5 Å². The summed E-state index contributed by atoms with van der Waals surface area (Å²) in [4.78, 5) is 0.697. The number of halogens is 2. The first-order valence-electron chi connectivity index (χ1n) is 8.02. The maximum atomic E-state index is 6.27. The minimum Gasteiger partial charge on any atom is -0.453 e. The zero-order valence-corrected chi connectivity index (χ0v) is 16.0. The predicted molar refractivity (Wildman–Crippen MR) is 107 cm³/mol. The van der Waals surface area contributed by atoms with Crippen molar-refractivity contribution in [1.29, 1.82) is 0 Å². The lowest BCUT2D eigenvalue weighted by molar-refractivity contribution is 0.595. The van der Waals surface area contributed by atoms with Crippen molar-refractivity contribution in [2.24, 2.45) is 0 Å². The SMILES string of the molecule is Clc1ccc(Cl)c(-c2ccc(-c3nn4c(-c5ccccc5)nnc4s3)o2)c1. The van der Waals surface area contributed by atoms with E-state index >= 15 is 0 Å². The van der Waals surface area contributed by atoms with E-state index in [1.165, 1.54) is 11.3 Å². The maximum Gasteiger partial charge on any atom is 0.235 e. The van der Waals surface area contributed by atoms with Gasteiger partial charge in [-0.3, -0.25) is 0 Å². The highest BCUT2D eigenvalue weighted by molar-refractivity contribution is 7.19. The highest BCUT2D eigenvalue weighted by Gasteiger charge is 2.17. The fraction of sp³-hybridized carbons (Fsp3) is 0. The first-order chi connectivity index (χ1) is 13.2. The van der Waals surface area contributed by atoms with Gasteiger partial charge in [-0.25, -0.2) is 0 Å². The predicted octanol–water partition coefficient (Wildman–Crippen LogP) is 6.09. The fourth-order valence-corrected chi connectivity index (χ4v) is 3.95. The van der Waals surface area contributed by atoms with Crippen molar-refractivity contribution in [3.63, 3.8) is 0 Å². The Morgan fingerprint density at radius 2 is 1.70 bits per heavy atom. The van der Waals surface area contributed by atoms with Gasteiger partial charge < -0.3 is 4.42 Å². The summed E-state index contributed by atoms with van der Waals surface area (Å²) in [7, 11) is 0. The van der Waals surface area contributed by atoms with Crippen molar-refractivity contribution in [2.75, 3.05) is 0 Å². The lowest BCUT2D eigenvalue weighted by Crippen LogP contribution is -1.90. The number of benzene rings is 2. The fourth-order valence-electron chi connectivity index (χ4n) is 2.77. The molecule has 3 aromatic heterocycles. The van der Waals surface area contributed by atoms with Crippen molar-refractivity contribution < 1.29 is 4.42 Å². The second-order valence-electron chi connectivity index (χ2n) is 5.78. The topological polar surface area (TPSA) is 56.2 Å². The lowest BCUT2D eigenvalue weighted by Gasteiger charge is -2.01. The largest absolute Gasteiger partial charge is 0.453 e. The molecule has 2 aromatic carbocycles. The molecule has 0 amide bonds. The summed E-state index contributed by atoms with van der Waals surface area (Å²) in [5.74, 6) is 1.96. The Hall–Kier alpha value is -2.67. The van der Waals surface area contributed by atoms with E-state index in [-0.39, 0.29) is 0 Å². The van der Waals surface area contributed by atoms with Crippen LogP contribution >= 0.6 is 34.5 Å². The van der Waals surface area contributed by atoms with E-state index in [9.17, 15) is 0 Å². The Balaban J connectivity index is 1.56. The molecule has 0 saturated carbocycles. The Morgan fingerprint density at radius 1 is 0.889 bits per heavy atom. The van der Waals surface area contributed by atoms with Gasteiger partial charge in [0.2, 0.25) is 4.96 Å². The quantitative estimate of drug-likeness (QED) is 0.359. The monoisotopic (exact) mass is 412 g/mol. The van der Waals surface area contributed by atoms with Gasteiger partial charge in [0.25, 0.3) is 0 Å². The number of fused-ring (bicyclic) bond motifs is 1. The van der Waals surface area contributed by atoms with Crippen LogP contribution in [0.4, 0.5) is 0 Å². The third-order valence-electron chi connectivity index (χ3n) is 4.03. The highest BCUT2D eigenvalue weighted by Crippen LogP contribution is 2.36. The lowest BCUT2D eigenvalue weighted by atomic mass is 10.2. The van der Waals surface area contributed by atoms with Gasteiger partial charge in [-0.15, -0.1) is 15.3 Å². The number of furan rings is 1. The number of hydrogen-bond donors (Lipinski definition) is 0. The Labute approximate surface area is 167 Å². The van der Waals surface area contributed by atoms with Crippen LogP contribution in [-0.2, 0) is 0 Å². The molecule has 8 heteroatoms. The summed E-state index contributed by atoms with van der Waals surface area (Å²) in [6, 6.07) is 18.8. The zero-order chi connectivity index (χ0) is 18.4. The molecule has 5 aromatic rings. The number of rotatable bonds is 3. The van der Waals surface area contributed by atoms with Crippen LogP contribution in [0.5, 0.6) is 0 Å². The first-order valence-corrected chi connectivity index (χ1v) is 9.59. The highest BCUT2D eigenvalue weighted by atomic mass is 35.5. The van der Waals surface area contributed by atoms with Crippen LogP contribution in [0.1, 0.15) is 0 Å². The normalized spacial score (nSPS) is 11.3. The molecule has 0 spiro atoms. The molecule has 0 aliphatic rings. The summed E-state index contributed by atoms with van der Waals surface area (Å²) >= 11 is 13.8. The second-order valence-corrected chi connectivity index (χ2v) is 7.58. The second kappa shape index (κ2) is 6.49. The molecular weight excluding hydrogens is 403 g/mol. The van der Waals surface area contributed by atoms with E-state index in [4.69, 9.17) is 27.6 Å². The molecule has 0 N–H and O–H groups in total. The molecular formula is C19H10Cl2N4OS. The van der Waals surface area contributed by atoms with Crippen LogP contribution in [0.2, 0.25) is 10.0 Å². The summed E-state index contributed by atoms with van der Waals surface area (Å²) in [6.07, 6.45) is 0. The Morgan fingerprint density at radius 3 is 2.56 bits per heavy atom. The molecule has 0 atom stereocenters. The van der Waals surface area contributed by atoms with Crippen LogP contribution < -0.4 is 0 Å². The molecule has 0 fully saturated rings. The van der Waals surface area contributed by atoms with Gasteiger partial charge in [0.05, 0.1) is 5.02 Å². The molecule has 132 valence electrons. The van der Waals surface area contributed by atoms with E-state index in [0.717, 1.165) is 11.1 Å². The van der Waals surface area contributed by atoms with Gasteiger partial charge in [0, 0.05) is 16.1 Å². The van der Waals surface area contributed by atoms with Crippen molar-refractivity contribution in [2.45, 2.75) is 0 Å². The van der Waals surface area contributed by atoms with E-state index in [2.05, 4.69) is 15.3 Å². The molecule has 27 heavy (non-hydrogen) atoms. The average molecular weight is 413 g/mol. The van der Waals surface area contributed by atoms with Gasteiger partial charge in [-0.1, -0.05) is 64.9 Å². The number of hydrogen-bond acceptors (Lipinski definition) is 5. The average Bonchev–Trinajstić information content (AvgIpc) is 3.39. The standard InChI is InChI=1S/C19H10Cl2N4OS/c20-12-6-7-14(21)13(10-12)15-8-9-16(26-15)18-24-25-17(22-23-19(25)27-18)11-4-2-1-3-5-11/h1-10H. The maximum absolute atomic E-state index is 6.27. The Bertz CT molecular complexity index is 1260. The van der Waals surface area contributed by atoms with E-state index in [1.54, 1.807) is 22.7 Å². The van der Waals surface area contributed by atoms with Crippen LogP contribution in [-0.4, -0.2) is 19.8 Å². The number of aromatic nitrogens is 4. The van der Waals surface area contributed by atoms with Gasteiger partial charge in [0.15, 0.2) is 16.6 Å². The van der Waals surface area contributed by atoms with E-state index in [0.29, 0.717) is 37.4 Å². The molecule has 0 aliphatic carbocycles. The van der Waals surface area contributed by atoms with Gasteiger partial charge in [-0.2, -0.15) is 4.52 Å². The van der Waals surface area contributed by atoms with Gasteiger partial charge in [0.1, 0.15) is 5.76 Å².